The Morgan fingerprint density at radius 2 is 1.76 bits per heavy atom. The lowest BCUT2D eigenvalue weighted by atomic mass is 9.97. The van der Waals surface area contributed by atoms with Gasteiger partial charge in [0.25, 0.3) is 0 Å². The molecule has 2 aromatic rings. The van der Waals surface area contributed by atoms with Crippen molar-refractivity contribution in [3.8, 4) is 0 Å². The molecule has 2 N–H and O–H groups in total. The van der Waals surface area contributed by atoms with Crippen LogP contribution in [0.15, 0.2) is 53.0 Å². The first-order valence-corrected chi connectivity index (χ1v) is 8.09. The van der Waals surface area contributed by atoms with Crippen LogP contribution in [0.1, 0.15) is 36.1 Å². The molecule has 0 aliphatic carbocycles. The van der Waals surface area contributed by atoms with Gasteiger partial charge >= 0.3 is 0 Å². The summed E-state index contributed by atoms with van der Waals surface area (Å²) in [5, 5.41) is 0. The first-order valence-electron chi connectivity index (χ1n) is 7.29. The van der Waals surface area contributed by atoms with Gasteiger partial charge < -0.3 is 10.5 Å². The summed E-state index contributed by atoms with van der Waals surface area (Å²) in [4.78, 5) is 0. The standard InChI is InChI=1S/C18H22BrNO/c1-3-17(20)18(15-10-6-4-8-13(15)2)21-12-14-9-5-7-11-16(14)19/h4-11,17-18H,3,12,20H2,1-2H3. The number of nitrogens with two attached hydrogens (primary N) is 1. The molecule has 2 unspecified atom stereocenters. The minimum atomic E-state index is -0.0803. The highest BCUT2D eigenvalue weighted by molar-refractivity contribution is 9.10. The van der Waals surface area contributed by atoms with Crippen LogP contribution >= 0.6 is 15.9 Å². The summed E-state index contributed by atoms with van der Waals surface area (Å²) in [5.74, 6) is 0. The lowest BCUT2D eigenvalue weighted by molar-refractivity contribution is 0.0206. The highest BCUT2D eigenvalue weighted by atomic mass is 79.9. The number of aryl methyl sites for hydroxylation is 1. The predicted molar refractivity (Wildman–Crippen MR) is 91.1 cm³/mol. The second-order valence-corrected chi connectivity index (χ2v) is 6.11. The van der Waals surface area contributed by atoms with Gasteiger partial charge in [-0.25, -0.2) is 0 Å². The van der Waals surface area contributed by atoms with Crippen LogP contribution in [0.25, 0.3) is 0 Å². The van der Waals surface area contributed by atoms with Gasteiger partial charge in [-0.05, 0) is 36.1 Å². The molecule has 0 saturated carbocycles. The maximum absolute atomic E-state index is 6.28. The van der Waals surface area contributed by atoms with Gasteiger partial charge in [0.2, 0.25) is 0 Å². The normalized spacial score (nSPS) is 13.9. The molecule has 2 atom stereocenters. The van der Waals surface area contributed by atoms with Crippen LogP contribution in [0.4, 0.5) is 0 Å². The van der Waals surface area contributed by atoms with E-state index in [2.05, 4.69) is 48.0 Å². The van der Waals surface area contributed by atoms with Gasteiger partial charge in [-0.3, -0.25) is 0 Å². The average Bonchev–Trinajstić information content (AvgIpc) is 2.50. The summed E-state index contributed by atoms with van der Waals surface area (Å²) >= 11 is 3.56. The monoisotopic (exact) mass is 347 g/mol. The van der Waals surface area contributed by atoms with Gasteiger partial charge in [0.1, 0.15) is 0 Å². The van der Waals surface area contributed by atoms with E-state index in [0.717, 1.165) is 16.5 Å². The third kappa shape index (κ3) is 4.16. The maximum atomic E-state index is 6.28. The van der Waals surface area contributed by atoms with Crippen LogP contribution in [0, 0.1) is 6.92 Å². The largest absolute Gasteiger partial charge is 0.367 e. The van der Waals surface area contributed by atoms with Crippen molar-refractivity contribution in [2.75, 3.05) is 0 Å². The Balaban J connectivity index is 2.18. The first kappa shape index (κ1) is 16.2. The van der Waals surface area contributed by atoms with Crippen LogP contribution in [-0.4, -0.2) is 6.04 Å². The minimum Gasteiger partial charge on any atom is -0.367 e. The van der Waals surface area contributed by atoms with Crippen LogP contribution in [0.3, 0.4) is 0 Å². The minimum absolute atomic E-state index is 0.00594. The van der Waals surface area contributed by atoms with Gasteiger partial charge in [0.15, 0.2) is 0 Å². The summed E-state index contributed by atoms with van der Waals surface area (Å²) in [6.07, 6.45) is 0.804. The molecule has 0 aliphatic heterocycles. The van der Waals surface area contributed by atoms with Crippen LogP contribution in [0.2, 0.25) is 0 Å². The topological polar surface area (TPSA) is 35.2 Å². The third-order valence-electron chi connectivity index (χ3n) is 3.73. The van der Waals surface area contributed by atoms with Gasteiger partial charge in [-0.1, -0.05) is 65.3 Å². The van der Waals surface area contributed by atoms with Crippen molar-refractivity contribution in [1.29, 1.82) is 0 Å². The zero-order valence-corrected chi connectivity index (χ0v) is 14.1. The zero-order chi connectivity index (χ0) is 15.2. The third-order valence-corrected chi connectivity index (χ3v) is 4.51. The van der Waals surface area contributed by atoms with E-state index in [1.165, 1.54) is 11.1 Å². The molecule has 2 nitrogen and oxygen atoms in total. The fraction of sp³-hybridized carbons (Fsp3) is 0.333. The van der Waals surface area contributed by atoms with E-state index >= 15 is 0 Å². The average molecular weight is 348 g/mol. The second kappa shape index (κ2) is 7.74. The van der Waals surface area contributed by atoms with Gasteiger partial charge in [-0.2, -0.15) is 0 Å². The van der Waals surface area contributed by atoms with E-state index in [-0.39, 0.29) is 12.1 Å². The highest BCUT2D eigenvalue weighted by Gasteiger charge is 2.21. The van der Waals surface area contributed by atoms with Crippen LogP contribution in [0.5, 0.6) is 0 Å². The number of benzene rings is 2. The molecule has 0 bridgehead atoms. The molecule has 0 saturated heterocycles. The van der Waals surface area contributed by atoms with E-state index in [0.29, 0.717) is 6.61 Å². The van der Waals surface area contributed by atoms with Gasteiger partial charge in [-0.15, -0.1) is 0 Å². The van der Waals surface area contributed by atoms with E-state index < -0.39 is 0 Å². The summed E-state index contributed by atoms with van der Waals surface area (Å²) in [6, 6.07) is 16.4. The molecular formula is C18H22BrNO. The Kier molecular flexibility index (Phi) is 5.97. The van der Waals surface area contributed by atoms with Crippen molar-refractivity contribution < 1.29 is 4.74 Å². The molecular weight excluding hydrogens is 326 g/mol. The molecule has 112 valence electrons. The number of rotatable bonds is 6. The fourth-order valence-corrected chi connectivity index (χ4v) is 2.76. The van der Waals surface area contributed by atoms with E-state index in [4.69, 9.17) is 10.5 Å². The molecule has 2 rings (SSSR count). The Labute approximate surface area is 135 Å². The van der Waals surface area contributed by atoms with Gasteiger partial charge in [0.05, 0.1) is 12.7 Å². The molecule has 3 heteroatoms. The van der Waals surface area contributed by atoms with E-state index in [9.17, 15) is 0 Å². The quantitative estimate of drug-likeness (QED) is 0.817. The Morgan fingerprint density at radius 1 is 1.10 bits per heavy atom. The zero-order valence-electron chi connectivity index (χ0n) is 12.6. The maximum Gasteiger partial charge on any atom is 0.0982 e. The van der Waals surface area contributed by atoms with E-state index in [1.54, 1.807) is 0 Å². The van der Waals surface area contributed by atoms with Crippen molar-refractivity contribution in [1.82, 2.24) is 0 Å². The number of hydrogen-bond donors (Lipinski definition) is 1. The van der Waals surface area contributed by atoms with E-state index in [1.807, 2.05) is 30.3 Å². The highest BCUT2D eigenvalue weighted by Crippen LogP contribution is 2.27. The molecule has 0 aromatic heterocycles. The first-order chi connectivity index (χ1) is 10.1. The van der Waals surface area contributed by atoms with Crippen molar-refractivity contribution in [2.45, 2.75) is 39.0 Å². The molecule has 0 spiro atoms. The van der Waals surface area contributed by atoms with Gasteiger partial charge in [0, 0.05) is 10.5 Å². The van der Waals surface area contributed by atoms with Crippen molar-refractivity contribution in [3.05, 3.63) is 69.7 Å². The summed E-state index contributed by atoms with van der Waals surface area (Å²) in [5.41, 5.74) is 9.82. The lowest BCUT2D eigenvalue weighted by Crippen LogP contribution is -2.30. The SMILES string of the molecule is CCC(N)C(OCc1ccccc1Br)c1ccccc1C. The lowest BCUT2D eigenvalue weighted by Gasteiger charge is -2.25. The molecule has 2 aromatic carbocycles. The van der Waals surface area contributed by atoms with Crippen LogP contribution in [-0.2, 0) is 11.3 Å². The predicted octanol–water partition coefficient (Wildman–Crippen LogP) is 4.75. The fourth-order valence-electron chi connectivity index (χ4n) is 2.36. The molecule has 0 heterocycles. The molecule has 21 heavy (non-hydrogen) atoms. The van der Waals surface area contributed by atoms with Crippen molar-refractivity contribution >= 4 is 15.9 Å². The summed E-state index contributed by atoms with van der Waals surface area (Å²) in [7, 11) is 0. The van der Waals surface area contributed by atoms with Crippen molar-refractivity contribution in [3.63, 3.8) is 0 Å². The number of hydrogen-bond acceptors (Lipinski definition) is 2. The summed E-state index contributed by atoms with van der Waals surface area (Å²) < 4.78 is 7.24. The molecule has 0 radical (unpaired) electrons. The molecule has 0 aliphatic rings. The number of ether oxygens (including phenoxy) is 1. The Bertz CT molecular complexity index is 585. The van der Waals surface area contributed by atoms with Crippen LogP contribution < -0.4 is 5.73 Å². The smallest absolute Gasteiger partial charge is 0.0982 e. The molecule has 0 amide bonds. The Hall–Kier alpha value is -1.16. The second-order valence-electron chi connectivity index (χ2n) is 5.25. The van der Waals surface area contributed by atoms with Crippen molar-refractivity contribution in [2.24, 2.45) is 5.73 Å². The molecule has 0 fully saturated rings. The Morgan fingerprint density at radius 3 is 2.43 bits per heavy atom. The number of halogens is 1. The summed E-state index contributed by atoms with van der Waals surface area (Å²) in [6.45, 7) is 4.75.